The van der Waals surface area contributed by atoms with E-state index in [0.717, 1.165) is 31.4 Å². The van der Waals surface area contributed by atoms with E-state index in [0.29, 0.717) is 12.6 Å². The number of rotatable bonds is 7. The second-order valence-electron chi connectivity index (χ2n) is 5.22. The van der Waals surface area contributed by atoms with Gasteiger partial charge in [0.2, 0.25) is 5.91 Å². The molecule has 0 aromatic carbocycles. The van der Waals surface area contributed by atoms with Gasteiger partial charge in [-0.2, -0.15) is 5.10 Å². The van der Waals surface area contributed by atoms with E-state index < -0.39 is 0 Å². The largest absolute Gasteiger partial charge is 0.381 e. The molecule has 1 aliphatic carbocycles. The molecule has 6 nitrogen and oxygen atoms in total. The Kier molecular flexibility index (Phi) is 5.15. The third-order valence-electron chi connectivity index (χ3n) is 3.49. The van der Waals surface area contributed by atoms with E-state index in [1.54, 1.807) is 6.20 Å². The first-order valence-corrected chi connectivity index (χ1v) is 7.29. The summed E-state index contributed by atoms with van der Waals surface area (Å²) >= 11 is 0. The summed E-state index contributed by atoms with van der Waals surface area (Å²) in [5, 5.41) is 10.1. The molecule has 1 saturated carbocycles. The molecule has 2 N–H and O–H groups in total. The number of carbonyl (C=O) groups excluding carboxylic acids is 1. The Hall–Kier alpha value is -1.85. The molecule has 0 saturated heterocycles. The molecule has 0 unspecified atom stereocenters. The van der Waals surface area contributed by atoms with Crippen molar-refractivity contribution in [3.63, 3.8) is 0 Å². The first-order valence-electron chi connectivity index (χ1n) is 7.29. The van der Waals surface area contributed by atoms with Gasteiger partial charge in [-0.1, -0.05) is 13.3 Å². The normalized spacial score (nSPS) is 14.7. The number of anilines is 1. The zero-order chi connectivity index (χ0) is 14.4. The minimum Gasteiger partial charge on any atom is -0.381 e. The lowest BCUT2D eigenvalue weighted by atomic mass is 9.93. The van der Waals surface area contributed by atoms with Gasteiger partial charge in [-0.3, -0.25) is 9.59 Å². The lowest BCUT2D eigenvalue weighted by Gasteiger charge is -2.27. The van der Waals surface area contributed by atoms with Gasteiger partial charge in [0.1, 0.15) is 6.54 Å². The molecule has 1 aromatic rings. The molecule has 1 amide bonds. The Morgan fingerprint density at radius 1 is 1.50 bits per heavy atom. The molecule has 6 heteroatoms. The fourth-order valence-corrected chi connectivity index (χ4v) is 2.02. The molecule has 0 bridgehead atoms. The Morgan fingerprint density at radius 2 is 2.30 bits per heavy atom. The van der Waals surface area contributed by atoms with Crippen LogP contribution in [0.5, 0.6) is 0 Å². The SMILES string of the molecule is CCCCNC(=O)Cn1ncc(NC2CCC2)cc1=O. The van der Waals surface area contributed by atoms with Crippen LogP contribution in [-0.4, -0.2) is 28.3 Å². The van der Waals surface area contributed by atoms with Gasteiger partial charge in [0, 0.05) is 18.7 Å². The van der Waals surface area contributed by atoms with E-state index in [-0.39, 0.29) is 18.0 Å². The van der Waals surface area contributed by atoms with Crippen LogP contribution in [0.1, 0.15) is 39.0 Å². The van der Waals surface area contributed by atoms with Gasteiger partial charge in [-0.25, -0.2) is 4.68 Å². The summed E-state index contributed by atoms with van der Waals surface area (Å²) in [6.07, 6.45) is 7.10. The summed E-state index contributed by atoms with van der Waals surface area (Å²) < 4.78 is 1.19. The van der Waals surface area contributed by atoms with Crippen LogP contribution in [0.3, 0.4) is 0 Å². The van der Waals surface area contributed by atoms with Crippen molar-refractivity contribution in [3.05, 3.63) is 22.6 Å². The highest BCUT2D eigenvalue weighted by atomic mass is 16.2. The van der Waals surface area contributed by atoms with Crippen LogP contribution in [0, 0.1) is 0 Å². The van der Waals surface area contributed by atoms with Gasteiger partial charge in [0.25, 0.3) is 5.56 Å². The highest BCUT2D eigenvalue weighted by molar-refractivity contribution is 5.75. The number of hydrogen-bond donors (Lipinski definition) is 2. The predicted octanol–water partition coefficient (Wildman–Crippen LogP) is 1.12. The molecular weight excluding hydrogens is 256 g/mol. The molecule has 1 heterocycles. The molecule has 1 aliphatic rings. The minimum atomic E-state index is -0.250. The van der Waals surface area contributed by atoms with E-state index in [2.05, 4.69) is 22.7 Å². The monoisotopic (exact) mass is 278 g/mol. The van der Waals surface area contributed by atoms with Crippen molar-refractivity contribution < 1.29 is 4.79 Å². The van der Waals surface area contributed by atoms with Gasteiger partial charge in [0.05, 0.1) is 11.9 Å². The number of unbranched alkanes of at least 4 members (excludes halogenated alkanes) is 1. The molecule has 2 rings (SSSR count). The molecule has 0 atom stereocenters. The van der Waals surface area contributed by atoms with Crippen LogP contribution < -0.4 is 16.2 Å². The smallest absolute Gasteiger partial charge is 0.269 e. The van der Waals surface area contributed by atoms with Crippen molar-refractivity contribution in [1.29, 1.82) is 0 Å². The molecule has 1 fully saturated rings. The van der Waals surface area contributed by atoms with Gasteiger partial charge in [-0.15, -0.1) is 0 Å². The summed E-state index contributed by atoms with van der Waals surface area (Å²) in [5.74, 6) is -0.173. The predicted molar refractivity (Wildman–Crippen MR) is 77.7 cm³/mol. The standard InChI is InChI=1S/C14H22N4O2/c1-2-3-7-15-13(19)10-18-14(20)8-12(9-16-18)17-11-5-4-6-11/h8-9,11,17H,2-7,10H2,1H3,(H,15,19). The summed E-state index contributed by atoms with van der Waals surface area (Å²) in [4.78, 5) is 23.5. The second-order valence-corrected chi connectivity index (χ2v) is 5.22. The number of amides is 1. The van der Waals surface area contributed by atoms with Crippen LogP contribution in [0.25, 0.3) is 0 Å². The fourth-order valence-electron chi connectivity index (χ4n) is 2.02. The average Bonchev–Trinajstić information content (AvgIpc) is 2.37. The van der Waals surface area contributed by atoms with E-state index in [1.807, 2.05) is 0 Å². The van der Waals surface area contributed by atoms with Crippen LogP contribution in [-0.2, 0) is 11.3 Å². The first kappa shape index (κ1) is 14.6. The molecule has 0 radical (unpaired) electrons. The van der Waals surface area contributed by atoms with Crippen molar-refractivity contribution >= 4 is 11.6 Å². The second kappa shape index (κ2) is 7.07. The van der Waals surface area contributed by atoms with Gasteiger partial charge < -0.3 is 10.6 Å². The maximum Gasteiger partial charge on any atom is 0.269 e. The Labute approximate surface area is 118 Å². The van der Waals surface area contributed by atoms with E-state index in [1.165, 1.54) is 17.2 Å². The number of carbonyl (C=O) groups is 1. The van der Waals surface area contributed by atoms with E-state index in [9.17, 15) is 9.59 Å². The third kappa shape index (κ3) is 4.08. The maximum atomic E-state index is 11.9. The maximum absolute atomic E-state index is 11.9. The summed E-state index contributed by atoms with van der Waals surface area (Å²) in [6.45, 7) is 2.68. The molecule has 110 valence electrons. The Morgan fingerprint density at radius 3 is 2.90 bits per heavy atom. The van der Waals surface area contributed by atoms with Crippen LogP contribution >= 0.6 is 0 Å². The van der Waals surface area contributed by atoms with Crippen LogP contribution in [0.2, 0.25) is 0 Å². The summed E-state index contributed by atoms with van der Waals surface area (Å²) in [7, 11) is 0. The van der Waals surface area contributed by atoms with Crippen molar-refractivity contribution in [3.8, 4) is 0 Å². The average molecular weight is 278 g/mol. The topological polar surface area (TPSA) is 76.0 Å². The lowest BCUT2D eigenvalue weighted by molar-refractivity contribution is -0.121. The highest BCUT2D eigenvalue weighted by Gasteiger charge is 2.17. The van der Waals surface area contributed by atoms with Gasteiger partial charge >= 0.3 is 0 Å². The van der Waals surface area contributed by atoms with E-state index >= 15 is 0 Å². The van der Waals surface area contributed by atoms with Gasteiger partial charge in [0.15, 0.2) is 0 Å². The van der Waals surface area contributed by atoms with E-state index in [4.69, 9.17) is 0 Å². The molecule has 0 aliphatic heterocycles. The Bertz CT molecular complexity index is 508. The number of nitrogens with one attached hydrogen (secondary N) is 2. The molecule has 1 aromatic heterocycles. The van der Waals surface area contributed by atoms with Crippen LogP contribution in [0.4, 0.5) is 5.69 Å². The molecule has 20 heavy (non-hydrogen) atoms. The summed E-state index contributed by atoms with van der Waals surface area (Å²) in [6, 6.07) is 1.97. The van der Waals surface area contributed by atoms with Crippen molar-refractivity contribution in [2.24, 2.45) is 0 Å². The third-order valence-corrected chi connectivity index (χ3v) is 3.49. The van der Waals surface area contributed by atoms with Crippen molar-refractivity contribution in [1.82, 2.24) is 15.1 Å². The lowest BCUT2D eigenvalue weighted by Crippen LogP contribution is -2.34. The highest BCUT2D eigenvalue weighted by Crippen LogP contribution is 2.21. The number of nitrogens with zero attached hydrogens (tertiary/aromatic N) is 2. The van der Waals surface area contributed by atoms with Crippen molar-refractivity contribution in [2.45, 2.75) is 51.6 Å². The van der Waals surface area contributed by atoms with Crippen molar-refractivity contribution in [2.75, 3.05) is 11.9 Å². The van der Waals surface area contributed by atoms with Crippen LogP contribution in [0.15, 0.2) is 17.1 Å². The Balaban J connectivity index is 1.88. The fraction of sp³-hybridized carbons (Fsp3) is 0.643. The first-order chi connectivity index (χ1) is 9.69. The molecular formula is C14H22N4O2. The number of hydrogen-bond acceptors (Lipinski definition) is 4. The van der Waals surface area contributed by atoms with Gasteiger partial charge in [-0.05, 0) is 25.7 Å². The number of aromatic nitrogens is 2. The minimum absolute atomic E-state index is 0.0216. The molecule has 0 spiro atoms. The summed E-state index contributed by atoms with van der Waals surface area (Å²) in [5.41, 5.74) is 0.488. The zero-order valence-corrected chi connectivity index (χ0v) is 11.9. The zero-order valence-electron chi connectivity index (χ0n) is 11.9. The quantitative estimate of drug-likeness (QED) is 0.733.